The lowest BCUT2D eigenvalue weighted by Gasteiger charge is -2.18. The maximum absolute atomic E-state index is 10.2. The van der Waals surface area contributed by atoms with Crippen LogP contribution in [0.5, 0.6) is 0 Å². The molecule has 5 heteroatoms. The topological polar surface area (TPSA) is 45.1 Å². The lowest BCUT2D eigenvalue weighted by Crippen LogP contribution is -2.27. The van der Waals surface area contributed by atoms with Crippen LogP contribution in [0.1, 0.15) is 29.9 Å². The first-order valence-electron chi connectivity index (χ1n) is 7.62. The van der Waals surface area contributed by atoms with Crippen molar-refractivity contribution < 1.29 is 5.11 Å². The molecule has 0 aliphatic carbocycles. The summed E-state index contributed by atoms with van der Waals surface area (Å²) in [5, 5.41) is 17.4. The lowest BCUT2D eigenvalue weighted by molar-refractivity contribution is 0.157. The Labute approximate surface area is 145 Å². The molecule has 3 aromatic rings. The van der Waals surface area contributed by atoms with E-state index >= 15 is 0 Å². The van der Waals surface area contributed by atoms with Crippen LogP contribution in [0, 0.1) is 0 Å². The van der Waals surface area contributed by atoms with Crippen molar-refractivity contribution in [2.24, 2.45) is 0 Å². The first-order chi connectivity index (χ1) is 11.1. The molecule has 3 rings (SSSR count). The molecule has 2 unspecified atom stereocenters. The summed E-state index contributed by atoms with van der Waals surface area (Å²) in [6, 6.07) is 11.9. The molecule has 0 spiro atoms. The molecule has 2 atom stereocenters. The third-order valence-corrected chi connectivity index (χ3v) is 5.19. The van der Waals surface area contributed by atoms with Crippen molar-refractivity contribution in [1.29, 1.82) is 0 Å². The molecule has 23 heavy (non-hydrogen) atoms. The van der Waals surface area contributed by atoms with E-state index in [1.54, 1.807) is 17.5 Å². The third-order valence-electron chi connectivity index (χ3n) is 3.89. The number of aliphatic hydroxyl groups is 1. The second-order valence-electron chi connectivity index (χ2n) is 5.65. The average molecular weight is 347 g/mol. The number of pyridine rings is 1. The molecule has 0 saturated heterocycles. The number of rotatable bonds is 6. The Balaban J connectivity index is 1.65. The Morgan fingerprint density at radius 3 is 2.91 bits per heavy atom. The summed E-state index contributed by atoms with van der Waals surface area (Å²) in [5.74, 6) is 0. The Morgan fingerprint density at radius 1 is 1.26 bits per heavy atom. The monoisotopic (exact) mass is 346 g/mol. The van der Waals surface area contributed by atoms with Crippen LogP contribution in [0.2, 0.25) is 5.02 Å². The molecule has 0 aliphatic rings. The Hall–Kier alpha value is -1.46. The number of fused-ring (bicyclic) bond motifs is 1. The van der Waals surface area contributed by atoms with Crippen LogP contribution in [0.3, 0.4) is 0 Å². The number of halogens is 1. The van der Waals surface area contributed by atoms with E-state index in [1.807, 2.05) is 41.8 Å². The van der Waals surface area contributed by atoms with E-state index in [0.717, 1.165) is 26.4 Å². The second kappa shape index (κ2) is 7.41. The standard InChI is InChI=1S/C18H19ClN2OS/c1-12(10-16(22)17-5-3-9-23-17)21-11-13-6-7-15(19)14-4-2-8-20-18(13)14/h2-9,12,16,21-22H,10-11H2,1H3. The molecule has 120 valence electrons. The fraction of sp³-hybridized carbons (Fsp3) is 0.278. The van der Waals surface area contributed by atoms with Gasteiger partial charge in [0, 0.05) is 34.1 Å². The van der Waals surface area contributed by atoms with Gasteiger partial charge in [-0.05, 0) is 48.6 Å². The quantitative estimate of drug-likeness (QED) is 0.688. The molecule has 0 fully saturated rings. The summed E-state index contributed by atoms with van der Waals surface area (Å²) in [6.07, 6.45) is 2.04. The molecule has 0 bridgehead atoms. The van der Waals surface area contributed by atoms with Gasteiger partial charge in [-0.2, -0.15) is 0 Å². The van der Waals surface area contributed by atoms with Crippen molar-refractivity contribution in [2.75, 3.05) is 0 Å². The predicted molar refractivity (Wildman–Crippen MR) is 97.0 cm³/mol. The minimum absolute atomic E-state index is 0.196. The van der Waals surface area contributed by atoms with Gasteiger partial charge in [-0.25, -0.2) is 0 Å². The molecule has 0 amide bonds. The van der Waals surface area contributed by atoms with Crippen LogP contribution >= 0.6 is 22.9 Å². The zero-order valence-corrected chi connectivity index (χ0v) is 14.4. The summed E-state index contributed by atoms with van der Waals surface area (Å²) >= 11 is 7.81. The third kappa shape index (κ3) is 3.90. The average Bonchev–Trinajstić information content (AvgIpc) is 3.09. The van der Waals surface area contributed by atoms with Crippen LogP contribution in [-0.2, 0) is 6.54 Å². The van der Waals surface area contributed by atoms with Gasteiger partial charge in [0.2, 0.25) is 0 Å². The highest BCUT2D eigenvalue weighted by Gasteiger charge is 2.13. The molecule has 2 N–H and O–H groups in total. The zero-order chi connectivity index (χ0) is 16.2. The summed E-state index contributed by atoms with van der Waals surface area (Å²) in [7, 11) is 0. The highest BCUT2D eigenvalue weighted by molar-refractivity contribution is 7.10. The summed E-state index contributed by atoms with van der Waals surface area (Å²) < 4.78 is 0. The van der Waals surface area contributed by atoms with Gasteiger partial charge in [0.25, 0.3) is 0 Å². The van der Waals surface area contributed by atoms with Gasteiger partial charge in [-0.1, -0.05) is 23.7 Å². The van der Waals surface area contributed by atoms with Crippen molar-refractivity contribution >= 4 is 33.8 Å². The first kappa shape index (κ1) is 16.4. The number of hydrogen-bond donors (Lipinski definition) is 2. The van der Waals surface area contributed by atoms with Gasteiger partial charge in [0.05, 0.1) is 11.6 Å². The molecular formula is C18H19ClN2OS. The highest BCUT2D eigenvalue weighted by atomic mass is 35.5. The number of thiophene rings is 1. The maximum Gasteiger partial charge on any atom is 0.0896 e. The number of hydrogen-bond acceptors (Lipinski definition) is 4. The first-order valence-corrected chi connectivity index (χ1v) is 8.88. The molecule has 1 aromatic carbocycles. The van der Waals surface area contributed by atoms with Crippen LogP contribution in [0.15, 0.2) is 48.0 Å². The molecule has 0 saturated carbocycles. The molecule has 2 heterocycles. The SMILES string of the molecule is CC(CC(O)c1cccs1)NCc1ccc(Cl)c2cccnc12. The van der Waals surface area contributed by atoms with Crippen LogP contribution in [-0.4, -0.2) is 16.1 Å². The van der Waals surface area contributed by atoms with Gasteiger partial charge in [0.1, 0.15) is 0 Å². The molecule has 0 radical (unpaired) electrons. The maximum atomic E-state index is 10.2. The van der Waals surface area contributed by atoms with Crippen molar-refractivity contribution in [3.63, 3.8) is 0 Å². The van der Waals surface area contributed by atoms with Crippen molar-refractivity contribution in [2.45, 2.75) is 32.0 Å². The van der Waals surface area contributed by atoms with Gasteiger partial charge >= 0.3 is 0 Å². The normalized spacial score (nSPS) is 14.0. The van der Waals surface area contributed by atoms with E-state index in [1.165, 1.54) is 0 Å². The fourth-order valence-electron chi connectivity index (χ4n) is 2.64. The Morgan fingerprint density at radius 2 is 2.13 bits per heavy atom. The molecule has 2 aromatic heterocycles. The van der Waals surface area contributed by atoms with Gasteiger partial charge in [-0.3, -0.25) is 4.98 Å². The summed E-state index contributed by atoms with van der Waals surface area (Å²) in [4.78, 5) is 5.46. The fourth-order valence-corrected chi connectivity index (χ4v) is 3.58. The van der Waals surface area contributed by atoms with Gasteiger partial charge in [-0.15, -0.1) is 11.3 Å². The van der Waals surface area contributed by atoms with Crippen LogP contribution in [0.25, 0.3) is 10.9 Å². The summed E-state index contributed by atoms with van der Waals surface area (Å²) in [6.45, 7) is 2.78. The second-order valence-corrected chi connectivity index (χ2v) is 7.04. The lowest BCUT2D eigenvalue weighted by atomic mass is 10.1. The number of benzene rings is 1. The number of nitrogens with zero attached hydrogens (tertiary/aromatic N) is 1. The Bertz CT molecular complexity index is 776. The van der Waals surface area contributed by atoms with Crippen molar-refractivity contribution in [3.05, 3.63) is 63.4 Å². The van der Waals surface area contributed by atoms with E-state index in [4.69, 9.17) is 11.6 Å². The molecule has 0 aliphatic heterocycles. The smallest absolute Gasteiger partial charge is 0.0896 e. The van der Waals surface area contributed by atoms with Crippen LogP contribution in [0.4, 0.5) is 0 Å². The minimum Gasteiger partial charge on any atom is -0.388 e. The largest absolute Gasteiger partial charge is 0.388 e. The van der Waals surface area contributed by atoms with E-state index in [0.29, 0.717) is 13.0 Å². The zero-order valence-electron chi connectivity index (χ0n) is 12.9. The van der Waals surface area contributed by atoms with E-state index < -0.39 is 6.10 Å². The number of aliphatic hydroxyl groups excluding tert-OH is 1. The molecular weight excluding hydrogens is 328 g/mol. The molecule has 3 nitrogen and oxygen atoms in total. The Kier molecular flexibility index (Phi) is 5.28. The van der Waals surface area contributed by atoms with Gasteiger partial charge < -0.3 is 10.4 Å². The minimum atomic E-state index is -0.419. The van der Waals surface area contributed by atoms with E-state index in [-0.39, 0.29) is 6.04 Å². The van der Waals surface area contributed by atoms with Crippen molar-refractivity contribution in [1.82, 2.24) is 10.3 Å². The highest BCUT2D eigenvalue weighted by Crippen LogP contribution is 2.25. The number of aromatic nitrogens is 1. The van der Waals surface area contributed by atoms with Gasteiger partial charge in [0.15, 0.2) is 0 Å². The van der Waals surface area contributed by atoms with E-state index in [9.17, 15) is 5.11 Å². The van der Waals surface area contributed by atoms with Crippen molar-refractivity contribution in [3.8, 4) is 0 Å². The van der Waals surface area contributed by atoms with Crippen LogP contribution < -0.4 is 5.32 Å². The predicted octanol–water partition coefficient (Wildman–Crippen LogP) is 4.55. The van der Waals surface area contributed by atoms with E-state index in [2.05, 4.69) is 17.2 Å². The number of nitrogens with one attached hydrogen (secondary N) is 1. The summed E-state index contributed by atoms with van der Waals surface area (Å²) in [5.41, 5.74) is 2.04.